The molecule has 1 heterocycles. The molecule has 120 valence electrons. The molecule has 1 amide bonds. The molecular formula is C19H24N3O+. The normalized spacial score (nSPS) is 15.5. The molecule has 1 aliphatic heterocycles. The van der Waals surface area contributed by atoms with E-state index in [0.29, 0.717) is 5.56 Å². The van der Waals surface area contributed by atoms with Crippen molar-refractivity contribution in [3.8, 4) is 0 Å². The summed E-state index contributed by atoms with van der Waals surface area (Å²) in [6.07, 6.45) is 0. The van der Waals surface area contributed by atoms with Gasteiger partial charge in [0.2, 0.25) is 0 Å². The maximum Gasteiger partial charge on any atom is 0.255 e. The van der Waals surface area contributed by atoms with Crippen LogP contribution in [-0.2, 0) is 0 Å². The Hall–Kier alpha value is -2.33. The summed E-state index contributed by atoms with van der Waals surface area (Å²) in [5.41, 5.74) is 3.84. The van der Waals surface area contributed by atoms with Crippen molar-refractivity contribution >= 4 is 17.3 Å². The number of nitrogens with zero attached hydrogens (tertiary/aromatic N) is 1. The first-order valence-corrected chi connectivity index (χ1v) is 8.16. The van der Waals surface area contributed by atoms with E-state index in [9.17, 15) is 4.79 Å². The van der Waals surface area contributed by atoms with Crippen LogP contribution in [0.1, 0.15) is 15.9 Å². The van der Waals surface area contributed by atoms with Gasteiger partial charge in [0.25, 0.3) is 5.91 Å². The van der Waals surface area contributed by atoms with Crippen LogP contribution in [0.25, 0.3) is 0 Å². The fraction of sp³-hybridized carbons (Fsp3) is 0.316. The summed E-state index contributed by atoms with van der Waals surface area (Å²) >= 11 is 0. The van der Waals surface area contributed by atoms with E-state index < -0.39 is 0 Å². The standard InChI is InChI=1S/C19H23N3O/c1-15-4-3-5-16(14-15)19(23)20-17-6-8-18(9-7-17)22-12-10-21(2)11-13-22/h3-9,14H,10-13H2,1-2H3,(H,20,23)/p+1. The first-order valence-electron chi connectivity index (χ1n) is 8.16. The molecule has 3 rings (SSSR count). The Morgan fingerprint density at radius 2 is 1.78 bits per heavy atom. The van der Waals surface area contributed by atoms with E-state index in [0.717, 1.165) is 24.3 Å². The van der Waals surface area contributed by atoms with Crippen LogP contribution >= 0.6 is 0 Å². The van der Waals surface area contributed by atoms with Crippen LogP contribution in [0.15, 0.2) is 48.5 Å². The summed E-state index contributed by atoms with van der Waals surface area (Å²) in [7, 11) is 2.24. The highest BCUT2D eigenvalue weighted by atomic mass is 16.1. The van der Waals surface area contributed by atoms with Crippen molar-refractivity contribution in [2.75, 3.05) is 43.4 Å². The zero-order valence-electron chi connectivity index (χ0n) is 13.8. The minimum atomic E-state index is -0.0651. The van der Waals surface area contributed by atoms with Crippen molar-refractivity contribution in [3.63, 3.8) is 0 Å². The van der Waals surface area contributed by atoms with Gasteiger partial charge >= 0.3 is 0 Å². The second-order valence-electron chi connectivity index (χ2n) is 6.31. The van der Waals surface area contributed by atoms with Crippen molar-refractivity contribution in [3.05, 3.63) is 59.7 Å². The van der Waals surface area contributed by atoms with Crippen LogP contribution in [-0.4, -0.2) is 39.1 Å². The highest BCUT2D eigenvalue weighted by molar-refractivity contribution is 6.04. The Kier molecular flexibility index (Phi) is 4.63. The van der Waals surface area contributed by atoms with Crippen molar-refractivity contribution in [1.29, 1.82) is 0 Å². The summed E-state index contributed by atoms with van der Waals surface area (Å²) in [5.74, 6) is -0.0651. The van der Waals surface area contributed by atoms with E-state index in [1.54, 1.807) is 4.90 Å². The molecule has 0 aliphatic carbocycles. The minimum absolute atomic E-state index is 0.0651. The van der Waals surface area contributed by atoms with Gasteiger partial charge in [0, 0.05) is 16.9 Å². The number of hydrogen-bond acceptors (Lipinski definition) is 2. The molecule has 0 radical (unpaired) electrons. The molecule has 4 nitrogen and oxygen atoms in total. The molecule has 0 bridgehead atoms. The fourth-order valence-electron chi connectivity index (χ4n) is 2.89. The number of quaternary nitrogens is 1. The van der Waals surface area contributed by atoms with Gasteiger partial charge in [0.05, 0.1) is 33.2 Å². The first kappa shape index (κ1) is 15.6. The molecule has 23 heavy (non-hydrogen) atoms. The van der Waals surface area contributed by atoms with Crippen LogP contribution < -0.4 is 15.1 Å². The number of carbonyl (C=O) groups is 1. The molecule has 2 N–H and O–H groups in total. The summed E-state index contributed by atoms with van der Waals surface area (Å²) in [6.45, 7) is 6.50. The van der Waals surface area contributed by atoms with Gasteiger partial charge in [-0.05, 0) is 43.3 Å². The van der Waals surface area contributed by atoms with E-state index in [1.807, 2.05) is 43.3 Å². The third-order valence-corrected chi connectivity index (χ3v) is 4.39. The number of benzene rings is 2. The summed E-state index contributed by atoms with van der Waals surface area (Å²) in [4.78, 5) is 16.3. The molecule has 2 aromatic rings. The number of hydrogen-bond donors (Lipinski definition) is 2. The van der Waals surface area contributed by atoms with Crippen LogP contribution in [0.5, 0.6) is 0 Å². The number of anilines is 2. The van der Waals surface area contributed by atoms with Crippen molar-refractivity contribution in [1.82, 2.24) is 0 Å². The number of likely N-dealkylation sites (N-methyl/N-ethyl adjacent to an activating group) is 1. The monoisotopic (exact) mass is 310 g/mol. The Labute approximate surface area is 137 Å². The van der Waals surface area contributed by atoms with Crippen molar-refractivity contribution in [2.24, 2.45) is 0 Å². The number of piperazine rings is 1. The quantitative estimate of drug-likeness (QED) is 0.903. The van der Waals surface area contributed by atoms with Gasteiger partial charge in [-0.25, -0.2) is 0 Å². The number of amides is 1. The molecule has 2 aromatic carbocycles. The molecule has 0 aromatic heterocycles. The summed E-state index contributed by atoms with van der Waals surface area (Å²) in [5, 5.41) is 2.96. The zero-order valence-corrected chi connectivity index (χ0v) is 13.8. The van der Waals surface area contributed by atoms with Crippen molar-refractivity contribution < 1.29 is 9.69 Å². The van der Waals surface area contributed by atoms with Gasteiger partial charge in [-0.1, -0.05) is 17.7 Å². The van der Waals surface area contributed by atoms with Crippen molar-refractivity contribution in [2.45, 2.75) is 6.92 Å². The Balaban J connectivity index is 1.64. The molecule has 0 atom stereocenters. The maximum absolute atomic E-state index is 12.3. The number of rotatable bonds is 3. The second-order valence-corrected chi connectivity index (χ2v) is 6.31. The Bertz CT molecular complexity index is 673. The van der Waals surface area contributed by atoms with Crippen LogP contribution in [0.2, 0.25) is 0 Å². The number of aryl methyl sites for hydroxylation is 1. The predicted molar refractivity (Wildman–Crippen MR) is 94.4 cm³/mol. The van der Waals surface area contributed by atoms with E-state index in [4.69, 9.17) is 0 Å². The second kappa shape index (κ2) is 6.84. The van der Waals surface area contributed by atoms with Gasteiger partial charge in [-0.3, -0.25) is 4.79 Å². The highest BCUT2D eigenvalue weighted by Crippen LogP contribution is 2.18. The van der Waals surface area contributed by atoms with Gasteiger partial charge in [0.15, 0.2) is 0 Å². The lowest BCUT2D eigenvalue weighted by Gasteiger charge is -2.31. The lowest BCUT2D eigenvalue weighted by Crippen LogP contribution is -3.12. The predicted octanol–water partition coefficient (Wildman–Crippen LogP) is 1.58. The molecule has 0 spiro atoms. The van der Waals surface area contributed by atoms with Crippen LogP contribution in [0.4, 0.5) is 11.4 Å². The maximum atomic E-state index is 12.3. The van der Waals surface area contributed by atoms with Gasteiger partial charge in [-0.2, -0.15) is 0 Å². The summed E-state index contributed by atoms with van der Waals surface area (Å²) < 4.78 is 0. The molecule has 4 heteroatoms. The van der Waals surface area contributed by atoms with E-state index in [2.05, 4.69) is 29.4 Å². The first-order chi connectivity index (χ1) is 11.1. The Morgan fingerprint density at radius 1 is 1.09 bits per heavy atom. The SMILES string of the molecule is Cc1cccc(C(=O)Nc2ccc(N3CC[NH+](C)CC3)cc2)c1. The smallest absolute Gasteiger partial charge is 0.255 e. The molecule has 0 saturated carbocycles. The summed E-state index contributed by atoms with van der Waals surface area (Å²) in [6, 6.07) is 15.8. The third-order valence-electron chi connectivity index (χ3n) is 4.39. The average molecular weight is 310 g/mol. The molecule has 1 fully saturated rings. The Morgan fingerprint density at radius 3 is 2.43 bits per heavy atom. The van der Waals surface area contributed by atoms with E-state index in [-0.39, 0.29) is 5.91 Å². The zero-order chi connectivity index (χ0) is 16.2. The van der Waals surface area contributed by atoms with Gasteiger partial charge in [-0.15, -0.1) is 0 Å². The van der Waals surface area contributed by atoms with E-state index >= 15 is 0 Å². The topological polar surface area (TPSA) is 36.8 Å². The van der Waals surface area contributed by atoms with Gasteiger partial charge in [0.1, 0.15) is 0 Å². The molecular weight excluding hydrogens is 286 g/mol. The molecule has 1 aliphatic rings. The molecule has 0 unspecified atom stereocenters. The van der Waals surface area contributed by atoms with Gasteiger partial charge < -0.3 is 15.1 Å². The largest absolute Gasteiger partial charge is 0.360 e. The van der Waals surface area contributed by atoms with E-state index in [1.165, 1.54) is 18.8 Å². The minimum Gasteiger partial charge on any atom is -0.360 e. The third kappa shape index (κ3) is 3.90. The highest BCUT2D eigenvalue weighted by Gasteiger charge is 2.16. The fourth-order valence-corrected chi connectivity index (χ4v) is 2.89. The van der Waals surface area contributed by atoms with Crippen LogP contribution in [0.3, 0.4) is 0 Å². The average Bonchev–Trinajstić information content (AvgIpc) is 2.56. The van der Waals surface area contributed by atoms with Crippen LogP contribution in [0, 0.1) is 6.92 Å². The lowest BCUT2D eigenvalue weighted by atomic mass is 10.1. The number of carbonyl (C=O) groups excluding carboxylic acids is 1. The molecule has 1 saturated heterocycles. The lowest BCUT2D eigenvalue weighted by molar-refractivity contribution is -0.880. The number of nitrogens with one attached hydrogen (secondary N) is 2.